The minimum atomic E-state index is -0.578. The number of benzene rings is 3. The quantitative estimate of drug-likeness (QED) is 0.180. The van der Waals surface area contributed by atoms with Crippen LogP contribution in [-0.4, -0.2) is 49.4 Å². The molecule has 0 bridgehead atoms. The number of amides is 1. The Morgan fingerprint density at radius 3 is 2.55 bits per heavy atom. The summed E-state index contributed by atoms with van der Waals surface area (Å²) >= 11 is 6.22. The smallest absolute Gasteiger partial charge is 0.309 e. The number of nitriles is 1. The molecule has 5 aromatic rings. The third-order valence-electron chi connectivity index (χ3n) is 6.72. The van der Waals surface area contributed by atoms with Crippen LogP contribution in [0.2, 0.25) is 5.02 Å². The van der Waals surface area contributed by atoms with Crippen molar-refractivity contribution >= 4 is 29.6 Å². The first kappa shape index (κ1) is 29.8. The van der Waals surface area contributed by atoms with Gasteiger partial charge < -0.3 is 10.1 Å². The maximum absolute atomic E-state index is 13.3. The van der Waals surface area contributed by atoms with E-state index < -0.39 is 6.04 Å². The molecule has 44 heavy (non-hydrogen) atoms. The van der Waals surface area contributed by atoms with Crippen molar-refractivity contribution in [2.75, 3.05) is 7.11 Å². The van der Waals surface area contributed by atoms with Gasteiger partial charge in [-0.2, -0.15) is 15.0 Å². The second-order valence-electron chi connectivity index (χ2n) is 9.63. The van der Waals surface area contributed by atoms with E-state index in [1.54, 1.807) is 54.6 Å². The second-order valence-corrected chi connectivity index (χ2v) is 10.1. The Hall–Kier alpha value is -5.73. The van der Waals surface area contributed by atoms with Crippen LogP contribution in [0.4, 0.5) is 0 Å². The fourth-order valence-corrected chi connectivity index (χ4v) is 4.70. The number of nitrogens with one attached hydrogen (secondary N) is 1. The molecule has 2 heterocycles. The van der Waals surface area contributed by atoms with Crippen molar-refractivity contribution in [3.8, 4) is 22.9 Å². The molecule has 0 aliphatic heterocycles. The number of aromatic nitrogens is 6. The molecule has 1 amide bonds. The molecule has 2 aromatic heterocycles. The molecule has 218 valence electrons. The van der Waals surface area contributed by atoms with Gasteiger partial charge in [-0.05, 0) is 63.9 Å². The SMILES string of the molecule is COC(=O)Cc1ccc(-c2cc([C@H](Cc3ccccc3)NC(=O)/C=C/c3cc(Cl)ccc3-n3cnnn3)nnc2C#N)cc1. The number of hydrogen-bond acceptors (Lipinski definition) is 9. The Labute approximate surface area is 257 Å². The predicted molar refractivity (Wildman–Crippen MR) is 162 cm³/mol. The molecule has 1 atom stereocenters. The third-order valence-corrected chi connectivity index (χ3v) is 6.95. The highest BCUT2D eigenvalue weighted by atomic mass is 35.5. The number of carbonyl (C=O) groups excluding carboxylic acids is 2. The number of methoxy groups -OCH3 is 1. The van der Waals surface area contributed by atoms with Gasteiger partial charge in [0, 0.05) is 22.2 Å². The summed E-state index contributed by atoms with van der Waals surface area (Å²) in [6.07, 6.45) is 5.03. The standard InChI is InChI=1S/C32H25ClN8O3/c1-44-32(43)16-22-7-9-23(10-8-22)26-18-28(37-38-29(26)19-34)27(15-21-5-3-2-4-6-21)36-31(42)14-11-24-17-25(33)12-13-30(24)41-20-35-39-40-41/h2-14,17-18,20,27H,15-16H2,1H3,(H,36,42)/b14-11+/t27-/m0/s1. The lowest BCUT2D eigenvalue weighted by molar-refractivity contribution is -0.139. The molecule has 0 aliphatic carbocycles. The van der Waals surface area contributed by atoms with Crippen LogP contribution in [0, 0.1) is 11.3 Å². The van der Waals surface area contributed by atoms with Crippen molar-refractivity contribution in [1.29, 1.82) is 5.26 Å². The van der Waals surface area contributed by atoms with Gasteiger partial charge in [0.25, 0.3) is 0 Å². The van der Waals surface area contributed by atoms with Crippen molar-refractivity contribution in [3.05, 3.63) is 124 Å². The number of carbonyl (C=O) groups is 2. The first-order valence-corrected chi connectivity index (χ1v) is 13.8. The van der Waals surface area contributed by atoms with Crippen molar-refractivity contribution in [2.24, 2.45) is 0 Å². The molecule has 0 saturated carbocycles. The van der Waals surface area contributed by atoms with Gasteiger partial charge in [0.1, 0.15) is 12.4 Å². The summed E-state index contributed by atoms with van der Waals surface area (Å²) in [6.45, 7) is 0. The van der Waals surface area contributed by atoms with E-state index in [4.69, 9.17) is 16.3 Å². The minimum Gasteiger partial charge on any atom is -0.469 e. The molecule has 0 unspecified atom stereocenters. The van der Waals surface area contributed by atoms with Crippen molar-refractivity contribution in [2.45, 2.75) is 18.9 Å². The van der Waals surface area contributed by atoms with Crippen LogP contribution in [0.25, 0.3) is 22.9 Å². The molecule has 1 N–H and O–H groups in total. The zero-order valence-corrected chi connectivity index (χ0v) is 24.2. The van der Waals surface area contributed by atoms with E-state index in [0.717, 1.165) is 11.1 Å². The molecule has 3 aromatic carbocycles. The molecule has 11 nitrogen and oxygen atoms in total. The monoisotopic (exact) mass is 604 g/mol. The number of tetrazole rings is 1. The predicted octanol–water partition coefficient (Wildman–Crippen LogP) is 4.47. The maximum Gasteiger partial charge on any atom is 0.309 e. The maximum atomic E-state index is 13.3. The highest BCUT2D eigenvalue weighted by Crippen LogP contribution is 2.27. The molecule has 5 rings (SSSR count). The van der Waals surface area contributed by atoms with Crippen LogP contribution in [0.3, 0.4) is 0 Å². The summed E-state index contributed by atoms with van der Waals surface area (Å²) in [7, 11) is 1.34. The van der Waals surface area contributed by atoms with Gasteiger partial charge in [-0.3, -0.25) is 9.59 Å². The largest absolute Gasteiger partial charge is 0.469 e. The summed E-state index contributed by atoms with van der Waals surface area (Å²) in [6, 6.07) is 25.3. The van der Waals surface area contributed by atoms with Gasteiger partial charge in [0.2, 0.25) is 5.91 Å². The summed E-state index contributed by atoms with van der Waals surface area (Å²) < 4.78 is 6.22. The molecule has 12 heteroatoms. The van der Waals surface area contributed by atoms with Crippen LogP contribution in [-0.2, 0) is 27.2 Å². The second kappa shape index (κ2) is 14.0. The zero-order chi connectivity index (χ0) is 30.9. The lowest BCUT2D eigenvalue weighted by atomic mass is 9.98. The number of ether oxygens (including phenoxy) is 1. The Morgan fingerprint density at radius 2 is 1.84 bits per heavy atom. The van der Waals surface area contributed by atoms with Gasteiger partial charge in [0.15, 0.2) is 5.69 Å². The zero-order valence-electron chi connectivity index (χ0n) is 23.5. The van der Waals surface area contributed by atoms with E-state index in [1.807, 2.05) is 30.3 Å². The van der Waals surface area contributed by atoms with E-state index in [-0.39, 0.29) is 24.0 Å². The average Bonchev–Trinajstić information content (AvgIpc) is 3.59. The fourth-order valence-electron chi connectivity index (χ4n) is 4.52. The molecule has 0 fully saturated rings. The Kier molecular flexibility index (Phi) is 9.44. The van der Waals surface area contributed by atoms with Crippen LogP contribution in [0.15, 0.2) is 91.3 Å². The van der Waals surface area contributed by atoms with Gasteiger partial charge in [0.05, 0.1) is 31.0 Å². The van der Waals surface area contributed by atoms with Crippen molar-refractivity contribution < 1.29 is 14.3 Å². The van der Waals surface area contributed by atoms with E-state index in [2.05, 4.69) is 37.1 Å². The fraction of sp³-hybridized carbons (Fsp3) is 0.125. The first-order valence-electron chi connectivity index (χ1n) is 13.4. The molecular formula is C32H25ClN8O3. The van der Waals surface area contributed by atoms with E-state index >= 15 is 0 Å². The summed E-state index contributed by atoms with van der Waals surface area (Å²) in [5.41, 5.74) is 4.89. The highest BCUT2D eigenvalue weighted by molar-refractivity contribution is 6.30. The lowest BCUT2D eigenvalue weighted by Crippen LogP contribution is -2.29. The number of rotatable bonds is 10. The Bertz CT molecular complexity index is 1840. The normalized spacial score (nSPS) is 11.6. The number of hydrogen-bond donors (Lipinski definition) is 1. The topological polar surface area (TPSA) is 149 Å². The summed E-state index contributed by atoms with van der Waals surface area (Å²) in [5, 5.41) is 33.1. The molecule has 0 aliphatic rings. The van der Waals surface area contributed by atoms with Gasteiger partial charge in [-0.25, -0.2) is 0 Å². The first-order chi connectivity index (χ1) is 21.4. The van der Waals surface area contributed by atoms with Crippen molar-refractivity contribution in [1.82, 2.24) is 35.7 Å². The van der Waals surface area contributed by atoms with Crippen LogP contribution in [0.5, 0.6) is 0 Å². The number of halogens is 1. The third kappa shape index (κ3) is 7.36. The van der Waals surface area contributed by atoms with Crippen LogP contribution in [0.1, 0.15) is 34.1 Å². The Balaban J connectivity index is 1.44. The van der Waals surface area contributed by atoms with Gasteiger partial charge in [-0.1, -0.05) is 66.2 Å². The van der Waals surface area contributed by atoms with Gasteiger partial charge >= 0.3 is 5.97 Å². The summed E-state index contributed by atoms with van der Waals surface area (Å²) in [5.74, 6) is -0.729. The van der Waals surface area contributed by atoms with Gasteiger partial charge in [-0.15, -0.1) is 10.2 Å². The average molecular weight is 605 g/mol. The van der Waals surface area contributed by atoms with Crippen molar-refractivity contribution in [3.63, 3.8) is 0 Å². The van der Waals surface area contributed by atoms with E-state index in [0.29, 0.717) is 39.5 Å². The molecular weight excluding hydrogens is 580 g/mol. The van der Waals surface area contributed by atoms with Crippen LogP contribution < -0.4 is 5.32 Å². The molecule has 0 saturated heterocycles. The number of esters is 1. The molecule has 0 spiro atoms. The Morgan fingerprint density at radius 1 is 1.05 bits per heavy atom. The van der Waals surface area contributed by atoms with Crippen LogP contribution >= 0.6 is 11.6 Å². The van der Waals surface area contributed by atoms with E-state index in [1.165, 1.54) is 24.2 Å². The highest BCUT2D eigenvalue weighted by Gasteiger charge is 2.20. The van der Waals surface area contributed by atoms with E-state index in [9.17, 15) is 14.9 Å². The minimum absolute atomic E-state index is 0.132. The molecule has 0 radical (unpaired) electrons. The summed E-state index contributed by atoms with van der Waals surface area (Å²) in [4.78, 5) is 25.0. The lowest BCUT2D eigenvalue weighted by Gasteiger charge is -2.18. The number of nitrogens with zero attached hydrogens (tertiary/aromatic N) is 7.